The molecular weight excluding hydrogens is 445 g/mol. The fraction of sp³-hybridized carbons (Fsp3) is 0.111. The molecule has 0 atom stereocenters. The van der Waals surface area contributed by atoms with Gasteiger partial charge in [-0.25, -0.2) is 4.98 Å². The fourth-order valence-corrected chi connectivity index (χ4v) is 3.74. The van der Waals surface area contributed by atoms with Crippen LogP contribution in [0.3, 0.4) is 0 Å². The van der Waals surface area contributed by atoms with Crippen LogP contribution < -0.4 is 5.32 Å². The molecular formula is C18H12BrF3N2O2S. The lowest BCUT2D eigenvalue weighted by molar-refractivity contribution is -0.137. The molecule has 4 nitrogen and oxygen atoms in total. The highest BCUT2D eigenvalue weighted by molar-refractivity contribution is 9.10. The molecule has 0 unspecified atom stereocenters. The number of halogens is 4. The smallest absolute Gasteiger partial charge is 0.416 e. The van der Waals surface area contributed by atoms with Crippen molar-refractivity contribution in [3.05, 3.63) is 63.8 Å². The molecule has 2 aromatic carbocycles. The van der Waals surface area contributed by atoms with Gasteiger partial charge in [0.25, 0.3) is 5.91 Å². The Morgan fingerprint density at radius 3 is 2.63 bits per heavy atom. The molecule has 0 aliphatic heterocycles. The SMILES string of the molecule is Cc1nc(NC(=O)c2cccc(Br)c2O)sc1-c1cccc(C(F)(F)F)c1. The maximum absolute atomic E-state index is 12.9. The van der Waals surface area contributed by atoms with E-state index >= 15 is 0 Å². The number of thiazole rings is 1. The molecule has 0 radical (unpaired) electrons. The van der Waals surface area contributed by atoms with E-state index in [2.05, 4.69) is 26.2 Å². The summed E-state index contributed by atoms with van der Waals surface area (Å²) in [5.74, 6) is -0.778. The van der Waals surface area contributed by atoms with Crippen LogP contribution in [0.4, 0.5) is 18.3 Å². The third kappa shape index (κ3) is 4.14. The first kappa shape index (κ1) is 19.4. The van der Waals surface area contributed by atoms with Gasteiger partial charge in [-0.15, -0.1) is 0 Å². The number of para-hydroxylation sites is 1. The van der Waals surface area contributed by atoms with Crippen LogP contribution in [0.1, 0.15) is 21.6 Å². The van der Waals surface area contributed by atoms with E-state index in [4.69, 9.17) is 0 Å². The van der Waals surface area contributed by atoms with Crippen LogP contribution in [0.15, 0.2) is 46.9 Å². The number of nitrogens with one attached hydrogen (secondary N) is 1. The first-order chi connectivity index (χ1) is 12.7. The summed E-state index contributed by atoms with van der Waals surface area (Å²) in [6.07, 6.45) is -4.44. The molecule has 0 saturated carbocycles. The Balaban J connectivity index is 1.89. The highest BCUT2D eigenvalue weighted by Gasteiger charge is 2.30. The first-order valence-electron chi connectivity index (χ1n) is 7.60. The van der Waals surface area contributed by atoms with Crippen LogP contribution >= 0.6 is 27.3 Å². The van der Waals surface area contributed by atoms with Gasteiger partial charge in [0.15, 0.2) is 5.13 Å². The van der Waals surface area contributed by atoms with Crippen LogP contribution in [-0.4, -0.2) is 16.0 Å². The molecule has 1 heterocycles. The standard InChI is InChI=1S/C18H12BrF3N2O2S/c1-9-15(10-4-2-5-11(8-10)18(20,21)22)27-17(23-9)24-16(26)12-6-3-7-13(19)14(12)25/h2-8,25H,1H3,(H,23,24,26). The molecule has 27 heavy (non-hydrogen) atoms. The number of benzene rings is 2. The number of aromatic hydroxyl groups is 1. The van der Waals surface area contributed by atoms with Gasteiger partial charge in [0.1, 0.15) is 5.75 Å². The number of hydrogen-bond acceptors (Lipinski definition) is 4. The lowest BCUT2D eigenvalue weighted by atomic mass is 10.1. The molecule has 3 rings (SSSR count). The molecule has 0 fully saturated rings. The van der Waals surface area contributed by atoms with E-state index in [1.54, 1.807) is 25.1 Å². The van der Waals surface area contributed by atoms with E-state index in [0.717, 1.165) is 23.5 Å². The van der Waals surface area contributed by atoms with Crippen LogP contribution in [0, 0.1) is 6.92 Å². The number of phenolic OH excluding ortho intramolecular Hbond substituents is 1. The summed E-state index contributed by atoms with van der Waals surface area (Å²) in [6.45, 7) is 1.65. The topological polar surface area (TPSA) is 62.2 Å². The first-order valence-corrected chi connectivity index (χ1v) is 9.21. The van der Waals surface area contributed by atoms with Crippen LogP contribution in [-0.2, 0) is 6.18 Å². The zero-order valence-electron chi connectivity index (χ0n) is 13.8. The van der Waals surface area contributed by atoms with Gasteiger partial charge in [-0.2, -0.15) is 13.2 Å². The highest BCUT2D eigenvalue weighted by atomic mass is 79.9. The lowest BCUT2D eigenvalue weighted by Crippen LogP contribution is -2.11. The third-order valence-electron chi connectivity index (χ3n) is 3.70. The van der Waals surface area contributed by atoms with E-state index in [9.17, 15) is 23.1 Å². The molecule has 0 spiro atoms. The second kappa shape index (κ2) is 7.32. The van der Waals surface area contributed by atoms with Crippen molar-refractivity contribution < 1.29 is 23.1 Å². The summed E-state index contributed by atoms with van der Waals surface area (Å²) in [4.78, 5) is 17.1. The van der Waals surface area contributed by atoms with Crippen molar-refractivity contribution in [1.82, 2.24) is 4.98 Å². The van der Waals surface area contributed by atoms with Crippen molar-refractivity contribution in [3.63, 3.8) is 0 Å². The van der Waals surface area contributed by atoms with E-state index in [0.29, 0.717) is 20.6 Å². The Morgan fingerprint density at radius 1 is 1.22 bits per heavy atom. The van der Waals surface area contributed by atoms with E-state index in [1.807, 2.05) is 0 Å². The monoisotopic (exact) mass is 456 g/mol. The normalized spacial score (nSPS) is 11.4. The van der Waals surface area contributed by atoms with E-state index < -0.39 is 17.6 Å². The van der Waals surface area contributed by atoms with E-state index in [1.165, 1.54) is 12.1 Å². The van der Waals surface area contributed by atoms with Crippen molar-refractivity contribution >= 4 is 38.3 Å². The van der Waals surface area contributed by atoms with Gasteiger partial charge in [0.05, 0.1) is 26.2 Å². The second-order valence-corrected chi connectivity index (χ2v) is 7.46. The van der Waals surface area contributed by atoms with Crippen LogP contribution in [0.25, 0.3) is 10.4 Å². The third-order valence-corrected chi connectivity index (χ3v) is 5.46. The predicted octanol–water partition coefficient (Wildman–Crippen LogP) is 5.86. The lowest BCUT2D eigenvalue weighted by Gasteiger charge is -2.08. The fourth-order valence-electron chi connectivity index (χ4n) is 2.42. The summed E-state index contributed by atoms with van der Waals surface area (Å²) in [5.41, 5.74) is 0.161. The number of aryl methyl sites for hydroxylation is 1. The minimum atomic E-state index is -4.44. The number of carbonyl (C=O) groups excluding carboxylic acids is 1. The molecule has 1 aromatic heterocycles. The molecule has 1 amide bonds. The van der Waals surface area contributed by atoms with Crippen molar-refractivity contribution in [2.24, 2.45) is 0 Å². The van der Waals surface area contributed by atoms with Gasteiger partial charge in [-0.1, -0.05) is 29.5 Å². The molecule has 140 valence electrons. The molecule has 0 aliphatic carbocycles. The summed E-state index contributed by atoms with van der Waals surface area (Å²) >= 11 is 4.20. The Labute approximate surface area is 164 Å². The zero-order valence-corrected chi connectivity index (χ0v) is 16.2. The van der Waals surface area contributed by atoms with Crippen molar-refractivity contribution in [2.75, 3.05) is 5.32 Å². The van der Waals surface area contributed by atoms with Crippen molar-refractivity contribution in [1.29, 1.82) is 0 Å². The Kier molecular flexibility index (Phi) is 5.25. The number of nitrogens with zero attached hydrogens (tertiary/aromatic N) is 1. The molecule has 9 heteroatoms. The van der Waals surface area contributed by atoms with Gasteiger partial charge < -0.3 is 5.11 Å². The van der Waals surface area contributed by atoms with Crippen molar-refractivity contribution in [3.8, 4) is 16.2 Å². The number of anilines is 1. The molecule has 0 aliphatic rings. The van der Waals surface area contributed by atoms with Crippen LogP contribution in [0.2, 0.25) is 0 Å². The molecule has 0 bridgehead atoms. The van der Waals surface area contributed by atoms with Gasteiger partial charge in [-0.3, -0.25) is 10.1 Å². The maximum Gasteiger partial charge on any atom is 0.416 e. The molecule has 2 N–H and O–H groups in total. The molecule has 0 saturated heterocycles. The Hall–Kier alpha value is -2.39. The van der Waals surface area contributed by atoms with Crippen LogP contribution in [0.5, 0.6) is 5.75 Å². The number of aromatic nitrogens is 1. The quantitative estimate of drug-likeness (QED) is 0.518. The second-order valence-electron chi connectivity index (χ2n) is 5.60. The average molecular weight is 457 g/mol. The summed E-state index contributed by atoms with van der Waals surface area (Å²) in [7, 11) is 0. The Morgan fingerprint density at radius 2 is 1.93 bits per heavy atom. The number of carbonyl (C=O) groups is 1. The summed E-state index contributed by atoms with van der Waals surface area (Å²) in [5, 5.41) is 12.8. The number of rotatable bonds is 3. The zero-order chi connectivity index (χ0) is 19.8. The minimum Gasteiger partial charge on any atom is -0.506 e. The molecule has 3 aromatic rings. The van der Waals surface area contributed by atoms with Gasteiger partial charge in [0.2, 0.25) is 0 Å². The summed E-state index contributed by atoms with van der Waals surface area (Å²) < 4.78 is 39.1. The van der Waals surface area contributed by atoms with Gasteiger partial charge >= 0.3 is 6.18 Å². The predicted molar refractivity (Wildman–Crippen MR) is 101 cm³/mol. The Bertz CT molecular complexity index is 1020. The number of amides is 1. The number of hydrogen-bond donors (Lipinski definition) is 2. The van der Waals surface area contributed by atoms with Gasteiger partial charge in [0, 0.05) is 0 Å². The highest BCUT2D eigenvalue weighted by Crippen LogP contribution is 2.37. The minimum absolute atomic E-state index is 0.0536. The number of alkyl halides is 3. The maximum atomic E-state index is 12.9. The number of phenols is 1. The largest absolute Gasteiger partial charge is 0.506 e. The van der Waals surface area contributed by atoms with Gasteiger partial charge in [-0.05, 0) is 52.7 Å². The van der Waals surface area contributed by atoms with E-state index in [-0.39, 0.29) is 16.4 Å². The average Bonchev–Trinajstić information content (AvgIpc) is 2.97. The van der Waals surface area contributed by atoms with Crippen molar-refractivity contribution in [2.45, 2.75) is 13.1 Å². The summed E-state index contributed by atoms with van der Waals surface area (Å²) in [6, 6.07) is 9.57.